The molecule has 3 aliphatic rings. The Hall–Kier alpha value is -1.29. The van der Waals surface area contributed by atoms with E-state index in [-0.39, 0.29) is 0 Å². The zero-order chi connectivity index (χ0) is 13.7. The number of hydrogen-bond donors (Lipinski definition) is 0. The Kier molecular flexibility index (Phi) is 2.88. The molecule has 0 unspecified atom stereocenters. The lowest BCUT2D eigenvalue weighted by Gasteiger charge is -2.46. The van der Waals surface area contributed by atoms with Crippen molar-refractivity contribution in [2.45, 2.75) is 44.7 Å². The predicted molar refractivity (Wildman–Crippen MR) is 79.6 cm³/mol. The van der Waals surface area contributed by atoms with E-state index in [1.165, 1.54) is 18.4 Å². The van der Waals surface area contributed by atoms with Crippen LogP contribution in [0.2, 0.25) is 0 Å². The molecule has 2 aliphatic heterocycles. The van der Waals surface area contributed by atoms with Gasteiger partial charge in [-0.05, 0) is 44.2 Å². The average molecular weight is 273 g/mol. The van der Waals surface area contributed by atoms with Crippen LogP contribution in [-0.4, -0.2) is 48.2 Å². The van der Waals surface area contributed by atoms with E-state index in [0.717, 1.165) is 43.7 Å². The van der Waals surface area contributed by atoms with Gasteiger partial charge in [0.25, 0.3) is 0 Å². The van der Waals surface area contributed by atoms with Crippen LogP contribution < -0.4 is 9.64 Å². The molecule has 1 saturated carbocycles. The second kappa shape index (κ2) is 4.62. The summed E-state index contributed by atoms with van der Waals surface area (Å²) in [6, 6.07) is 3.30. The lowest BCUT2D eigenvalue weighted by atomic mass is 10.1. The largest absolute Gasteiger partial charge is 0.487 e. The minimum absolute atomic E-state index is 0.456. The number of fused-ring (bicyclic) bond motifs is 3. The molecule has 1 aromatic rings. The summed E-state index contributed by atoms with van der Waals surface area (Å²) >= 11 is 0. The van der Waals surface area contributed by atoms with Gasteiger partial charge in [-0.2, -0.15) is 0 Å². The first-order valence-corrected chi connectivity index (χ1v) is 7.86. The van der Waals surface area contributed by atoms with Crippen LogP contribution in [0.15, 0.2) is 12.3 Å². The van der Waals surface area contributed by atoms with Crippen molar-refractivity contribution in [3.05, 3.63) is 17.8 Å². The molecule has 1 saturated heterocycles. The van der Waals surface area contributed by atoms with E-state index in [1.807, 2.05) is 0 Å². The monoisotopic (exact) mass is 273 g/mol. The quantitative estimate of drug-likeness (QED) is 0.826. The molecular weight excluding hydrogens is 250 g/mol. The van der Waals surface area contributed by atoms with Crippen LogP contribution in [0, 0.1) is 0 Å². The molecule has 1 aromatic heterocycles. The van der Waals surface area contributed by atoms with Gasteiger partial charge in [0, 0.05) is 31.9 Å². The fourth-order valence-electron chi connectivity index (χ4n) is 3.37. The smallest absolute Gasteiger partial charge is 0.171 e. The summed E-state index contributed by atoms with van der Waals surface area (Å²) in [5.41, 5.74) is 1.36. The Balaban J connectivity index is 1.58. The van der Waals surface area contributed by atoms with Crippen molar-refractivity contribution in [3.63, 3.8) is 0 Å². The molecule has 4 nitrogen and oxygen atoms in total. The van der Waals surface area contributed by atoms with Crippen LogP contribution in [0.4, 0.5) is 5.82 Å². The van der Waals surface area contributed by atoms with Gasteiger partial charge in [0.1, 0.15) is 6.61 Å². The van der Waals surface area contributed by atoms with Gasteiger partial charge in [0.2, 0.25) is 0 Å². The van der Waals surface area contributed by atoms with E-state index in [2.05, 4.69) is 35.9 Å². The summed E-state index contributed by atoms with van der Waals surface area (Å²) in [5.74, 6) is 2.81. The molecule has 1 aliphatic carbocycles. The molecule has 0 bridgehead atoms. The van der Waals surface area contributed by atoms with Crippen LogP contribution in [0.25, 0.3) is 0 Å². The molecule has 20 heavy (non-hydrogen) atoms. The van der Waals surface area contributed by atoms with Crippen molar-refractivity contribution >= 4 is 5.82 Å². The predicted octanol–water partition coefficient (Wildman–Crippen LogP) is 2.25. The van der Waals surface area contributed by atoms with Crippen molar-refractivity contribution < 1.29 is 4.74 Å². The van der Waals surface area contributed by atoms with Crippen molar-refractivity contribution in [2.75, 3.05) is 31.1 Å². The first-order chi connectivity index (χ1) is 9.72. The first kappa shape index (κ1) is 12.5. The van der Waals surface area contributed by atoms with E-state index < -0.39 is 0 Å². The van der Waals surface area contributed by atoms with Gasteiger partial charge in [0.15, 0.2) is 11.6 Å². The molecule has 0 amide bonds. The Labute approximate surface area is 120 Å². The zero-order valence-corrected chi connectivity index (χ0v) is 12.4. The van der Waals surface area contributed by atoms with Crippen LogP contribution >= 0.6 is 0 Å². The standard InChI is InChI=1S/C16H23N3O/c1-11(2)18-5-6-19-14(9-18)10-20-15-7-13(12-3-4-12)8-17-16(15)19/h7-8,11-12,14H,3-6,9-10H2,1-2H3/t14-/m0/s1. The number of anilines is 1. The Morgan fingerprint density at radius 1 is 1.30 bits per heavy atom. The van der Waals surface area contributed by atoms with Gasteiger partial charge in [-0.25, -0.2) is 4.98 Å². The van der Waals surface area contributed by atoms with Crippen LogP contribution in [0.3, 0.4) is 0 Å². The van der Waals surface area contributed by atoms with Gasteiger partial charge in [-0.3, -0.25) is 4.90 Å². The lowest BCUT2D eigenvalue weighted by Crippen LogP contribution is -2.58. The summed E-state index contributed by atoms with van der Waals surface area (Å²) in [5, 5.41) is 0. The molecule has 0 N–H and O–H groups in total. The van der Waals surface area contributed by atoms with Crippen molar-refractivity contribution in [3.8, 4) is 5.75 Å². The molecule has 4 rings (SSSR count). The maximum Gasteiger partial charge on any atom is 0.171 e. The van der Waals surface area contributed by atoms with Gasteiger partial charge in [0.05, 0.1) is 6.04 Å². The van der Waals surface area contributed by atoms with E-state index in [4.69, 9.17) is 9.72 Å². The fourth-order valence-corrected chi connectivity index (χ4v) is 3.37. The van der Waals surface area contributed by atoms with E-state index in [9.17, 15) is 0 Å². The Morgan fingerprint density at radius 3 is 2.90 bits per heavy atom. The Bertz CT molecular complexity index is 512. The van der Waals surface area contributed by atoms with Gasteiger partial charge in [-0.1, -0.05) is 0 Å². The second-order valence-electron chi connectivity index (χ2n) is 6.61. The highest BCUT2D eigenvalue weighted by molar-refractivity contribution is 5.57. The summed E-state index contributed by atoms with van der Waals surface area (Å²) < 4.78 is 6.01. The topological polar surface area (TPSA) is 28.6 Å². The highest BCUT2D eigenvalue weighted by Gasteiger charge is 2.35. The van der Waals surface area contributed by atoms with Crippen molar-refractivity contribution in [2.24, 2.45) is 0 Å². The van der Waals surface area contributed by atoms with Crippen LogP contribution in [-0.2, 0) is 0 Å². The number of pyridine rings is 1. The molecular formula is C16H23N3O. The maximum absolute atomic E-state index is 6.01. The number of nitrogens with zero attached hydrogens (tertiary/aromatic N) is 3. The first-order valence-electron chi connectivity index (χ1n) is 7.86. The van der Waals surface area contributed by atoms with Gasteiger partial charge < -0.3 is 9.64 Å². The zero-order valence-electron chi connectivity index (χ0n) is 12.4. The van der Waals surface area contributed by atoms with E-state index >= 15 is 0 Å². The molecule has 2 fully saturated rings. The average Bonchev–Trinajstić information content (AvgIpc) is 3.30. The molecule has 3 heterocycles. The summed E-state index contributed by atoms with van der Waals surface area (Å²) in [4.78, 5) is 9.71. The third-order valence-electron chi connectivity index (χ3n) is 4.85. The van der Waals surface area contributed by atoms with Crippen LogP contribution in [0.5, 0.6) is 5.75 Å². The van der Waals surface area contributed by atoms with E-state index in [0.29, 0.717) is 12.1 Å². The van der Waals surface area contributed by atoms with Gasteiger partial charge >= 0.3 is 0 Å². The normalized spacial score (nSPS) is 26.1. The Morgan fingerprint density at radius 2 is 2.15 bits per heavy atom. The SMILES string of the molecule is CC(C)N1CCN2c3ncc(C4CC4)cc3OC[C@@H]2C1. The number of piperazine rings is 1. The van der Waals surface area contributed by atoms with Crippen molar-refractivity contribution in [1.82, 2.24) is 9.88 Å². The number of hydrogen-bond acceptors (Lipinski definition) is 4. The molecule has 108 valence electrons. The lowest BCUT2D eigenvalue weighted by molar-refractivity contribution is 0.140. The highest BCUT2D eigenvalue weighted by Crippen LogP contribution is 2.43. The highest BCUT2D eigenvalue weighted by atomic mass is 16.5. The molecule has 0 radical (unpaired) electrons. The van der Waals surface area contributed by atoms with Crippen LogP contribution in [0.1, 0.15) is 38.2 Å². The number of aromatic nitrogens is 1. The summed E-state index contributed by atoms with van der Waals surface area (Å²) in [6.07, 6.45) is 4.70. The minimum atomic E-state index is 0.456. The second-order valence-corrected chi connectivity index (χ2v) is 6.61. The van der Waals surface area contributed by atoms with Gasteiger partial charge in [-0.15, -0.1) is 0 Å². The third kappa shape index (κ3) is 2.06. The molecule has 0 spiro atoms. The maximum atomic E-state index is 6.01. The fraction of sp³-hybridized carbons (Fsp3) is 0.688. The molecule has 4 heteroatoms. The summed E-state index contributed by atoms with van der Waals surface area (Å²) in [7, 11) is 0. The molecule has 1 atom stereocenters. The van der Waals surface area contributed by atoms with Crippen molar-refractivity contribution in [1.29, 1.82) is 0 Å². The number of ether oxygens (including phenoxy) is 1. The van der Waals surface area contributed by atoms with E-state index in [1.54, 1.807) is 0 Å². The number of rotatable bonds is 2. The third-order valence-corrected chi connectivity index (χ3v) is 4.85. The minimum Gasteiger partial charge on any atom is -0.487 e. The molecule has 0 aromatic carbocycles. The summed E-state index contributed by atoms with van der Waals surface area (Å²) in [6.45, 7) is 8.62.